The quantitative estimate of drug-likeness (QED) is 0.825. The number of nitrogens with one attached hydrogen (secondary N) is 1. The standard InChI is InChI=1S/C10H15N5/c1-4-5-9-11-10(13-12-9)8-6-7(2)14-15(8)3/h6H,4-5H2,1-3H3,(H,11,12,13). The van der Waals surface area contributed by atoms with Crippen molar-refractivity contribution in [3.05, 3.63) is 17.6 Å². The van der Waals surface area contributed by atoms with E-state index in [0.29, 0.717) is 0 Å². The summed E-state index contributed by atoms with van der Waals surface area (Å²) in [4.78, 5) is 4.42. The van der Waals surface area contributed by atoms with Crippen LogP contribution in [0.15, 0.2) is 6.07 Å². The highest BCUT2D eigenvalue weighted by Crippen LogP contribution is 2.15. The molecule has 80 valence electrons. The maximum atomic E-state index is 4.42. The molecule has 0 fully saturated rings. The number of rotatable bonds is 3. The van der Waals surface area contributed by atoms with Gasteiger partial charge in [0, 0.05) is 13.5 Å². The Morgan fingerprint density at radius 1 is 1.47 bits per heavy atom. The van der Waals surface area contributed by atoms with E-state index in [-0.39, 0.29) is 0 Å². The fourth-order valence-corrected chi connectivity index (χ4v) is 1.58. The van der Waals surface area contributed by atoms with Gasteiger partial charge in [0.2, 0.25) is 0 Å². The average molecular weight is 205 g/mol. The summed E-state index contributed by atoms with van der Waals surface area (Å²) in [6.07, 6.45) is 2.00. The van der Waals surface area contributed by atoms with Crippen LogP contribution < -0.4 is 0 Å². The average Bonchev–Trinajstić information content (AvgIpc) is 2.73. The van der Waals surface area contributed by atoms with Crippen molar-refractivity contribution in [2.75, 3.05) is 0 Å². The molecule has 0 saturated heterocycles. The molecular formula is C10H15N5. The van der Waals surface area contributed by atoms with Gasteiger partial charge in [0.1, 0.15) is 11.5 Å². The fourth-order valence-electron chi connectivity index (χ4n) is 1.58. The van der Waals surface area contributed by atoms with Crippen LogP contribution in [-0.2, 0) is 13.5 Å². The van der Waals surface area contributed by atoms with Crippen molar-refractivity contribution < 1.29 is 0 Å². The van der Waals surface area contributed by atoms with Gasteiger partial charge in [0.05, 0.1) is 5.69 Å². The highest BCUT2D eigenvalue weighted by molar-refractivity contribution is 5.49. The number of nitrogens with zero attached hydrogens (tertiary/aromatic N) is 4. The lowest BCUT2D eigenvalue weighted by Gasteiger charge is -1.93. The molecule has 0 saturated carbocycles. The first-order chi connectivity index (χ1) is 7.20. The second-order valence-electron chi connectivity index (χ2n) is 3.65. The summed E-state index contributed by atoms with van der Waals surface area (Å²) in [5.74, 6) is 1.66. The Morgan fingerprint density at radius 2 is 2.27 bits per heavy atom. The molecule has 2 heterocycles. The molecule has 5 nitrogen and oxygen atoms in total. The zero-order valence-electron chi connectivity index (χ0n) is 9.28. The van der Waals surface area contributed by atoms with Crippen molar-refractivity contribution in [2.45, 2.75) is 26.7 Å². The number of hydrogen-bond acceptors (Lipinski definition) is 3. The lowest BCUT2D eigenvalue weighted by atomic mass is 10.3. The van der Waals surface area contributed by atoms with Crippen LogP contribution >= 0.6 is 0 Å². The largest absolute Gasteiger partial charge is 0.264 e. The van der Waals surface area contributed by atoms with Crippen LogP contribution in [0.4, 0.5) is 0 Å². The van der Waals surface area contributed by atoms with Crippen molar-refractivity contribution in [1.29, 1.82) is 0 Å². The molecule has 2 aromatic heterocycles. The van der Waals surface area contributed by atoms with Crippen molar-refractivity contribution in [2.24, 2.45) is 7.05 Å². The van der Waals surface area contributed by atoms with Crippen LogP contribution in [0.1, 0.15) is 24.9 Å². The van der Waals surface area contributed by atoms with Crippen LogP contribution in [0, 0.1) is 6.92 Å². The Morgan fingerprint density at radius 3 is 2.87 bits per heavy atom. The van der Waals surface area contributed by atoms with E-state index in [1.165, 1.54) is 0 Å². The lowest BCUT2D eigenvalue weighted by molar-refractivity contribution is 0.759. The van der Waals surface area contributed by atoms with Crippen LogP contribution in [0.2, 0.25) is 0 Å². The van der Waals surface area contributed by atoms with Gasteiger partial charge in [-0.1, -0.05) is 6.92 Å². The predicted molar refractivity (Wildman–Crippen MR) is 57.3 cm³/mol. The third-order valence-corrected chi connectivity index (χ3v) is 2.25. The molecule has 0 aromatic carbocycles. The van der Waals surface area contributed by atoms with E-state index in [1.807, 2.05) is 20.0 Å². The first kappa shape index (κ1) is 9.89. The van der Waals surface area contributed by atoms with Crippen molar-refractivity contribution in [3.63, 3.8) is 0 Å². The molecule has 0 amide bonds. The minimum absolute atomic E-state index is 0.724. The Kier molecular flexibility index (Phi) is 2.53. The number of aryl methyl sites for hydroxylation is 3. The summed E-state index contributed by atoms with van der Waals surface area (Å²) in [6.45, 7) is 4.08. The molecule has 0 atom stereocenters. The van der Waals surface area contributed by atoms with Crippen LogP contribution in [0.25, 0.3) is 11.5 Å². The summed E-state index contributed by atoms with van der Waals surface area (Å²) in [5, 5.41) is 11.4. The third kappa shape index (κ3) is 1.91. The van der Waals surface area contributed by atoms with Gasteiger partial charge in [-0.25, -0.2) is 4.98 Å². The summed E-state index contributed by atoms with van der Waals surface area (Å²) >= 11 is 0. The van der Waals surface area contributed by atoms with Gasteiger partial charge in [-0.05, 0) is 19.4 Å². The van der Waals surface area contributed by atoms with Gasteiger partial charge in [-0.15, -0.1) is 0 Å². The van der Waals surface area contributed by atoms with E-state index < -0.39 is 0 Å². The van der Waals surface area contributed by atoms with Crippen molar-refractivity contribution >= 4 is 0 Å². The minimum atomic E-state index is 0.724. The van der Waals surface area contributed by atoms with E-state index in [1.54, 1.807) is 4.68 Å². The monoisotopic (exact) mass is 205 g/mol. The van der Waals surface area contributed by atoms with Crippen LogP contribution in [-0.4, -0.2) is 25.0 Å². The smallest absolute Gasteiger partial charge is 0.199 e. The Hall–Kier alpha value is -1.65. The number of H-pyrrole nitrogens is 1. The van der Waals surface area contributed by atoms with Gasteiger partial charge in [-0.2, -0.15) is 10.2 Å². The Labute approximate surface area is 88.5 Å². The highest BCUT2D eigenvalue weighted by Gasteiger charge is 2.10. The number of aromatic amines is 1. The second kappa shape index (κ2) is 3.84. The summed E-state index contributed by atoms with van der Waals surface area (Å²) < 4.78 is 1.80. The molecule has 0 aliphatic rings. The van der Waals surface area contributed by atoms with Gasteiger partial charge in [-0.3, -0.25) is 9.78 Å². The second-order valence-corrected chi connectivity index (χ2v) is 3.65. The first-order valence-electron chi connectivity index (χ1n) is 5.13. The molecule has 0 aliphatic heterocycles. The van der Waals surface area contributed by atoms with Gasteiger partial charge in [0.25, 0.3) is 0 Å². The predicted octanol–water partition coefficient (Wildman–Crippen LogP) is 1.47. The molecule has 0 aliphatic carbocycles. The van der Waals surface area contributed by atoms with E-state index >= 15 is 0 Å². The molecule has 15 heavy (non-hydrogen) atoms. The van der Waals surface area contributed by atoms with Gasteiger partial charge >= 0.3 is 0 Å². The maximum Gasteiger partial charge on any atom is 0.199 e. The van der Waals surface area contributed by atoms with E-state index in [0.717, 1.165) is 35.9 Å². The van der Waals surface area contributed by atoms with Gasteiger partial charge in [0.15, 0.2) is 5.82 Å². The highest BCUT2D eigenvalue weighted by atomic mass is 15.3. The number of aromatic nitrogens is 5. The summed E-state index contributed by atoms with van der Waals surface area (Å²) in [7, 11) is 1.90. The lowest BCUT2D eigenvalue weighted by Crippen LogP contribution is -1.95. The zero-order chi connectivity index (χ0) is 10.8. The fraction of sp³-hybridized carbons (Fsp3) is 0.500. The molecule has 0 unspecified atom stereocenters. The summed E-state index contributed by atoms with van der Waals surface area (Å²) in [6, 6.07) is 1.99. The molecule has 2 rings (SSSR count). The third-order valence-electron chi connectivity index (χ3n) is 2.25. The molecule has 0 bridgehead atoms. The molecule has 2 aromatic rings. The van der Waals surface area contributed by atoms with Crippen LogP contribution in [0.5, 0.6) is 0 Å². The first-order valence-corrected chi connectivity index (χ1v) is 5.13. The topological polar surface area (TPSA) is 59.4 Å². The van der Waals surface area contributed by atoms with E-state index in [4.69, 9.17) is 0 Å². The van der Waals surface area contributed by atoms with Gasteiger partial charge < -0.3 is 0 Å². The Bertz CT molecular complexity index is 454. The molecular weight excluding hydrogens is 190 g/mol. The molecule has 5 heteroatoms. The van der Waals surface area contributed by atoms with Crippen molar-refractivity contribution in [1.82, 2.24) is 25.0 Å². The van der Waals surface area contributed by atoms with Crippen molar-refractivity contribution in [3.8, 4) is 11.5 Å². The maximum absolute atomic E-state index is 4.42. The number of hydrogen-bond donors (Lipinski definition) is 1. The normalized spacial score (nSPS) is 10.9. The van der Waals surface area contributed by atoms with E-state index in [2.05, 4.69) is 27.2 Å². The zero-order valence-corrected chi connectivity index (χ0v) is 9.28. The minimum Gasteiger partial charge on any atom is -0.264 e. The molecule has 0 spiro atoms. The Balaban J connectivity index is 2.32. The molecule has 0 radical (unpaired) electrons. The SMILES string of the molecule is CCCc1nc(-c2cc(C)nn2C)n[nH]1. The van der Waals surface area contributed by atoms with E-state index in [9.17, 15) is 0 Å². The molecule has 1 N–H and O–H groups in total. The summed E-state index contributed by atoms with van der Waals surface area (Å²) in [5.41, 5.74) is 1.93. The van der Waals surface area contributed by atoms with Crippen LogP contribution in [0.3, 0.4) is 0 Å².